The predicted octanol–water partition coefficient (Wildman–Crippen LogP) is 2.00. The first-order valence-electron chi connectivity index (χ1n) is 5.57. The number of hydrogen-bond donors (Lipinski definition) is 1. The summed E-state index contributed by atoms with van der Waals surface area (Å²) >= 11 is 0. The van der Waals surface area contributed by atoms with E-state index in [1.165, 1.54) is 5.56 Å². The molecule has 0 bridgehead atoms. The summed E-state index contributed by atoms with van der Waals surface area (Å²) in [6.07, 6.45) is 2.09. The Labute approximate surface area is 90.7 Å². The second-order valence-electron chi connectivity index (χ2n) is 4.44. The smallest absolute Gasteiger partial charge is 0.222 e. The van der Waals surface area contributed by atoms with Gasteiger partial charge in [0, 0.05) is 12.5 Å². The Morgan fingerprint density at radius 2 is 2.07 bits per heavy atom. The average Bonchev–Trinajstić information content (AvgIpc) is 2.25. The van der Waals surface area contributed by atoms with Gasteiger partial charge in [-0.25, -0.2) is 0 Å². The molecule has 1 aliphatic rings. The molecule has 0 spiro atoms. The summed E-state index contributed by atoms with van der Waals surface area (Å²) in [6, 6.07) is 10.5. The Balaban J connectivity index is 1.94. The summed E-state index contributed by atoms with van der Waals surface area (Å²) in [6.45, 7) is 2.84. The second-order valence-corrected chi connectivity index (χ2v) is 4.44. The highest BCUT2D eigenvalue weighted by Crippen LogP contribution is 2.20. The van der Waals surface area contributed by atoms with Gasteiger partial charge in [-0.2, -0.15) is 0 Å². The molecule has 0 radical (unpaired) electrons. The molecule has 1 fully saturated rings. The van der Waals surface area contributed by atoms with Gasteiger partial charge in [-0.1, -0.05) is 37.3 Å². The molecule has 1 aliphatic heterocycles. The molecule has 1 N–H and O–H groups in total. The molecule has 0 saturated carbocycles. The maximum Gasteiger partial charge on any atom is 0.222 e. The number of piperidine rings is 1. The third-order valence-corrected chi connectivity index (χ3v) is 3.07. The van der Waals surface area contributed by atoms with Crippen LogP contribution in [0.15, 0.2) is 30.3 Å². The van der Waals surface area contributed by atoms with Crippen LogP contribution in [0.2, 0.25) is 0 Å². The largest absolute Gasteiger partial charge is 0.356 e. The normalized spacial score (nSPS) is 26.1. The highest BCUT2D eigenvalue weighted by atomic mass is 16.1. The van der Waals surface area contributed by atoms with Crippen molar-refractivity contribution in [3.8, 4) is 0 Å². The molecule has 80 valence electrons. The minimum absolute atomic E-state index is 0.174. The van der Waals surface area contributed by atoms with E-state index >= 15 is 0 Å². The van der Waals surface area contributed by atoms with Crippen molar-refractivity contribution < 1.29 is 4.79 Å². The summed E-state index contributed by atoms with van der Waals surface area (Å²) in [5, 5.41) is 2.96. The fourth-order valence-electron chi connectivity index (χ4n) is 2.21. The van der Waals surface area contributed by atoms with Crippen LogP contribution in [0, 0.1) is 11.8 Å². The fourth-order valence-corrected chi connectivity index (χ4v) is 2.21. The summed E-state index contributed by atoms with van der Waals surface area (Å²) in [5.74, 6) is 0.979. The quantitative estimate of drug-likeness (QED) is 0.782. The molecule has 2 rings (SSSR count). The lowest BCUT2D eigenvalue weighted by molar-refractivity contribution is -0.127. The first-order chi connectivity index (χ1) is 7.25. The van der Waals surface area contributed by atoms with Crippen molar-refractivity contribution in [2.45, 2.75) is 19.8 Å². The molecule has 2 atom stereocenters. The fraction of sp³-hybridized carbons (Fsp3) is 0.462. The van der Waals surface area contributed by atoms with Crippen LogP contribution in [0.5, 0.6) is 0 Å². The van der Waals surface area contributed by atoms with Crippen molar-refractivity contribution in [1.82, 2.24) is 5.32 Å². The average molecular weight is 203 g/mol. The second kappa shape index (κ2) is 4.47. The van der Waals surface area contributed by atoms with Gasteiger partial charge >= 0.3 is 0 Å². The topological polar surface area (TPSA) is 29.1 Å². The molecule has 1 saturated heterocycles. The summed E-state index contributed by atoms with van der Waals surface area (Å²) < 4.78 is 0. The third kappa shape index (κ3) is 2.58. The van der Waals surface area contributed by atoms with Crippen LogP contribution < -0.4 is 5.32 Å². The molecule has 1 aromatic carbocycles. The van der Waals surface area contributed by atoms with Crippen molar-refractivity contribution in [2.24, 2.45) is 11.8 Å². The summed E-state index contributed by atoms with van der Waals surface area (Å²) in [7, 11) is 0. The lowest BCUT2D eigenvalue weighted by atomic mass is 9.87. The minimum atomic E-state index is 0.174. The maximum absolute atomic E-state index is 11.3. The Hall–Kier alpha value is -1.31. The molecule has 1 heterocycles. The van der Waals surface area contributed by atoms with Crippen LogP contribution in [0.25, 0.3) is 0 Å². The van der Waals surface area contributed by atoms with Crippen LogP contribution in [-0.2, 0) is 11.2 Å². The van der Waals surface area contributed by atoms with E-state index in [-0.39, 0.29) is 11.8 Å². The number of nitrogens with one attached hydrogen (secondary N) is 1. The highest BCUT2D eigenvalue weighted by Gasteiger charge is 2.24. The van der Waals surface area contributed by atoms with Gasteiger partial charge in [0.15, 0.2) is 0 Å². The van der Waals surface area contributed by atoms with Crippen LogP contribution in [0.3, 0.4) is 0 Å². The van der Waals surface area contributed by atoms with E-state index in [1.807, 2.05) is 13.0 Å². The molecule has 15 heavy (non-hydrogen) atoms. The van der Waals surface area contributed by atoms with Crippen LogP contribution in [-0.4, -0.2) is 12.5 Å². The van der Waals surface area contributed by atoms with E-state index in [2.05, 4.69) is 29.6 Å². The van der Waals surface area contributed by atoms with Crippen LogP contribution in [0.1, 0.15) is 18.9 Å². The molecule has 0 aromatic heterocycles. The van der Waals surface area contributed by atoms with Gasteiger partial charge in [-0.05, 0) is 24.3 Å². The summed E-state index contributed by atoms with van der Waals surface area (Å²) in [5.41, 5.74) is 1.37. The Bertz CT molecular complexity index is 334. The van der Waals surface area contributed by atoms with Gasteiger partial charge < -0.3 is 5.32 Å². The Morgan fingerprint density at radius 1 is 1.33 bits per heavy atom. The van der Waals surface area contributed by atoms with Gasteiger partial charge in [0.05, 0.1) is 0 Å². The molecule has 1 amide bonds. The van der Waals surface area contributed by atoms with Gasteiger partial charge in [-0.3, -0.25) is 4.79 Å². The first kappa shape index (κ1) is 10.2. The van der Waals surface area contributed by atoms with Crippen molar-refractivity contribution >= 4 is 5.91 Å². The van der Waals surface area contributed by atoms with Gasteiger partial charge in [-0.15, -0.1) is 0 Å². The molecule has 2 nitrogen and oxygen atoms in total. The third-order valence-electron chi connectivity index (χ3n) is 3.07. The SMILES string of the molecule is C[C@@H]1C[C@@H](Cc2ccccc2)CNC1=O. The number of benzene rings is 1. The monoisotopic (exact) mass is 203 g/mol. The standard InChI is InChI=1S/C13H17NO/c1-10-7-12(9-14-13(10)15)8-11-5-3-2-4-6-11/h2-6,10,12H,7-9H2,1H3,(H,14,15)/t10-,12+/m1/s1. The van der Waals surface area contributed by atoms with E-state index in [0.29, 0.717) is 5.92 Å². The van der Waals surface area contributed by atoms with Crippen molar-refractivity contribution in [3.05, 3.63) is 35.9 Å². The van der Waals surface area contributed by atoms with Crippen molar-refractivity contribution in [1.29, 1.82) is 0 Å². The minimum Gasteiger partial charge on any atom is -0.356 e. The zero-order chi connectivity index (χ0) is 10.7. The lowest BCUT2D eigenvalue weighted by Crippen LogP contribution is -2.41. The zero-order valence-corrected chi connectivity index (χ0v) is 9.07. The van der Waals surface area contributed by atoms with Crippen LogP contribution >= 0.6 is 0 Å². The van der Waals surface area contributed by atoms with Crippen LogP contribution in [0.4, 0.5) is 0 Å². The van der Waals surface area contributed by atoms with Gasteiger partial charge in [0.25, 0.3) is 0 Å². The highest BCUT2D eigenvalue weighted by molar-refractivity contribution is 5.78. The van der Waals surface area contributed by atoms with Crippen molar-refractivity contribution in [2.75, 3.05) is 6.54 Å². The molecular formula is C13H17NO. The lowest BCUT2D eigenvalue weighted by Gasteiger charge is -2.27. The number of rotatable bonds is 2. The van der Waals surface area contributed by atoms with E-state index in [0.717, 1.165) is 19.4 Å². The van der Waals surface area contributed by atoms with Gasteiger partial charge in [0.2, 0.25) is 5.91 Å². The molecule has 1 aromatic rings. The van der Waals surface area contributed by atoms with Gasteiger partial charge in [0.1, 0.15) is 0 Å². The van der Waals surface area contributed by atoms with E-state index in [9.17, 15) is 4.79 Å². The first-order valence-corrected chi connectivity index (χ1v) is 5.57. The molecule has 0 unspecified atom stereocenters. The maximum atomic E-state index is 11.3. The van der Waals surface area contributed by atoms with E-state index in [4.69, 9.17) is 0 Å². The Kier molecular flexibility index (Phi) is 3.05. The molecule has 2 heteroatoms. The zero-order valence-electron chi connectivity index (χ0n) is 9.07. The molecular weight excluding hydrogens is 186 g/mol. The summed E-state index contributed by atoms with van der Waals surface area (Å²) in [4.78, 5) is 11.3. The van der Waals surface area contributed by atoms with E-state index in [1.54, 1.807) is 0 Å². The predicted molar refractivity (Wildman–Crippen MR) is 60.4 cm³/mol. The van der Waals surface area contributed by atoms with E-state index < -0.39 is 0 Å². The number of carbonyl (C=O) groups is 1. The molecule has 0 aliphatic carbocycles. The number of carbonyl (C=O) groups excluding carboxylic acids is 1. The van der Waals surface area contributed by atoms with Crippen molar-refractivity contribution in [3.63, 3.8) is 0 Å². The Morgan fingerprint density at radius 3 is 2.73 bits per heavy atom. The number of amides is 1. The number of hydrogen-bond acceptors (Lipinski definition) is 1.